The Hall–Kier alpha value is -2.49. The molecule has 1 amide bonds. The molecule has 1 aliphatic rings. The lowest BCUT2D eigenvalue weighted by Crippen LogP contribution is -2.40. The van der Waals surface area contributed by atoms with Crippen LogP contribution in [0.5, 0.6) is 11.5 Å². The number of hydrogen-bond donors (Lipinski definition) is 0. The van der Waals surface area contributed by atoms with Gasteiger partial charge < -0.3 is 14.4 Å². The van der Waals surface area contributed by atoms with Gasteiger partial charge in [0.25, 0.3) is 0 Å². The van der Waals surface area contributed by atoms with E-state index in [0.29, 0.717) is 18.2 Å². The van der Waals surface area contributed by atoms with Crippen molar-refractivity contribution in [1.82, 2.24) is 4.90 Å². The smallest absolute Gasteiger partial charge is 0.230 e. The van der Waals surface area contributed by atoms with Crippen LogP contribution in [-0.4, -0.2) is 31.6 Å². The average molecular weight is 367 g/mol. The van der Waals surface area contributed by atoms with E-state index in [9.17, 15) is 4.79 Å². The highest BCUT2D eigenvalue weighted by molar-refractivity contribution is 5.84. The summed E-state index contributed by atoms with van der Waals surface area (Å²) in [5, 5.41) is 0. The van der Waals surface area contributed by atoms with E-state index in [1.54, 1.807) is 14.2 Å². The van der Waals surface area contributed by atoms with Gasteiger partial charge in [-0.25, -0.2) is 0 Å². The Morgan fingerprint density at radius 2 is 1.70 bits per heavy atom. The Bertz CT molecular complexity index is 788. The van der Waals surface area contributed by atoms with Crippen LogP contribution in [0.3, 0.4) is 0 Å². The van der Waals surface area contributed by atoms with Gasteiger partial charge in [-0.2, -0.15) is 0 Å². The van der Waals surface area contributed by atoms with E-state index in [0.717, 1.165) is 36.3 Å². The van der Waals surface area contributed by atoms with Crippen molar-refractivity contribution in [3.05, 3.63) is 59.2 Å². The summed E-state index contributed by atoms with van der Waals surface area (Å²) in [4.78, 5) is 15.5. The molecule has 144 valence electrons. The highest BCUT2D eigenvalue weighted by atomic mass is 16.5. The number of carbonyl (C=O) groups excluding carboxylic acids is 1. The molecule has 1 heterocycles. The first-order valence-electron chi connectivity index (χ1n) is 9.66. The molecule has 4 heteroatoms. The number of hydrogen-bond acceptors (Lipinski definition) is 3. The lowest BCUT2D eigenvalue weighted by Gasteiger charge is -2.34. The Labute approximate surface area is 162 Å². The predicted octanol–water partition coefficient (Wildman–Crippen LogP) is 4.42. The lowest BCUT2D eigenvalue weighted by atomic mass is 9.84. The molecule has 4 nitrogen and oxygen atoms in total. The zero-order chi connectivity index (χ0) is 19.4. The van der Waals surface area contributed by atoms with Gasteiger partial charge in [-0.05, 0) is 41.2 Å². The molecule has 2 aromatic rings. The van der Waals surface area contributed by atoms with Crippen LogP contribution in [0.2, 0.25) is 0 Å². The number of amides is 1. The van der Waals surface area contributed by atoms with Gasteiger partial charge in [0, 0.05) is 13.1 Å². The first-order chi connectivity index (χ1) is 13.1. The summed E-state index contributed by atoms with van der Waals surface area (Å²) in [5.41, 5.74) is 3.48. The van der Waals surface area contributed by atoms with Crippen LogP contribution in [0.4, 0.5) is 0 Å². The van der Waals surface area contributed by atoms with Gasteiger partial charge in [0.15, 0.2) is 11.5 Å². The van der Waals surface area contributed by atoms with Crippen LogP contribution in [0.15, 0.2) is 42.5 Å². The van der Waals surface area contributed by atoms with Crippen molar-refractivity contribution < 1.29 is 14.3 Å². The maximum atomic E-state index is 13.5. The van der Waals surface area contributed by atoms with Crippen molar-refractivity contribution in [2.75, 3.05) is 20.8 Å². The number of carbonyl (C=O) groups is 1. The topological polar surface area (TPSA) is 38.8 Å². The predicted molar refractivity (Wildman–Crippen MR) is 107 cm³/mol. The number of fused-ring (bicyclic) bond motifs is 1. The molecule has 3 rings (SSSR count). The molecule has 2 unspecified atom stereocenters. The minimum Gasteiger partial charge on any atom is -0.493 e. The van der Waals surface area contributed by atoms with Crippen molar-refractivity contribution in [3.63, 3.8) is 0 Å². The fraction of sp³-hybridized carbons (Fsp3) is 0.435. The Kier molecular flexibility index (Phi) is 6.04. The quantitative estimate of drug-likeness (QED) is 0.759. The molecule has 2 atom stereocenters. The number of rotatable bonds is 6. The zero-order valence-corrected chi connectivity index (χ0v) is 16.7. The van der Waals surface area contributed by atoms with Gasteiger partial charge in [-0.3, -0.25) is 4.79 Å². The third-order valence-corrected chi connectivity index (χ3v) is 5.67. The Morgan fingerprint density at radius 1 is 1.07 bits per heavy atom. The van der Waals surface area contributed by atoms with Crippen LogP contribution >= 0.6 is 0 Å². The maximum Gasteiger partial charge on any atom is 0.230 e. The van der Waals surface area contributed by atoms with Crippen molar-refractivity contribution in [1.29, 1.82) is 0 Å². The monoisotopic (exact) mass is 367 g/mol. The molecule has 0 saturated heterocycles. The van der Waals surface area contributed by atoms with E-state index in [1.807, 2.05) is 35.2 Å². The molecule has 0 radical (unpaired) electrons. The van der Waals surface area contributed by atoms with Crippen molar-refractivity contribution >= 4 is 5.91 Å². The molecule has 0 saturated carbocycles. The standard InChI is InChI=1S/C23H29NO3/c1-5-16(2)22(17-9-7-6-8-10-17)23(25)24-12-11-18-13-20(26-3)21(27-4)14-19(18)15-24/h6-10,13-14,16,22H,5,11-12,15H2,1-4H3. The molecule has 1 aliphatic heterocycles. The fourth-order valence-corrected chi connectivity index (χ4v) is 3.88. The second kappa shape index (κ2) is 8.47. The summed E-state index contributed by atoms with van der Waals surface area (Å²) in [6.07, 6.45) is 1.81. The summed E-state index contributed by atoms with van der Waals surface area (Å²) in [6, 6.07) is 14.2. The van der Waals surface area contributed by atoms with E-state index < -0.39 is 0 Å². The normalized spacial score (nSPS) is 15.6. The maximum absolute atomic E-state index is 13.5. The van der Waals surface area contributed by atoms with Gasteiger partial charge in [0.05, 0.1) is 20.1 Å². The first-order valence-corrected chi connectivity index (χ1v) is 9.66. The summed E-state index contributed by atoms with van der Waals surface area (Å²) in [7, 11) is 3.30. The Morgan fingerprint density at radius 3 is 2.30 bits per heavy atom. The SMILES string of the molecule is CCC(C)C(C(=O)N1CCc2cc(OC)c(OC)cc2C1)c1ccccc1. The Balaban J connectivity index is 1.87. The molecule has 0 fully saturated rings. The van der Waals surface area contributed by atoms with Crippen LogP contribution in [-0.2, 0) is 17.8 Å². The van der Waals surface area contributed by atoms with E-state index in [4.69, 9.17) is 9.47 Å². The van der Waals surface area contributed by atoms with Crippen LogP contribution in [0, 0.1) is 5.92 Å². The second-order valence-electron chi connectivity index (χ2n) is 7.26. The third kappa shape index (κ3) is 3.95. The number of benzene rings is 2. The summed E-state index contributed by atoms with van der Waals surface area (Å²) >= 11 is 0. The van der Waals surface area contributed by atoms with Gasteiger partial charge in [0.2, 0.25) is 5.91 Å². The third-order valence-electron chi connectivity index (χ3n) is 5.67. The molecule has 27 heavy (non-hydrogen) atoms. The first kappa shape index (κ1) is 19.3. The van der Waals surface area contributed by atoms with Gasteiger partial charge in [-0.15, -0.1) is 0 Å². The number of ether oxygens (including phenoxy) is 2. The van der Waals surface area contributed by atoms with Gasteiger partial charge >= 0.3 is 0 Å². The molecule has 2 aromatic carbocycles. The zero-order valence-electron chi connectivity index (χ0n) is 16.7. The van der Waals surface area contributed by atoms with Crippen molar-refractivity contribution in [2.45, 2.75) is 39.2 Å². The summed E-state index contributed by atoms with van der Waals surface area (Å²) < 4.78 is 10.9. The van der Waals surface area contributed by atoms with Crippen molar-refractivity contribution in [2.24, 2.45) is 5.92 Å². The molecular weight excluding hydrogens is 338 g/mol. The molecule has 0 aromatic heterocycles. The van der Waals surface area contributed by atoms with Crippen LogP contribution in [0.25, 0.3) is 0 Å². The summed E-state index contributed by atoms with van der Waals surface area (Å²) in [5.74, 6) is 1.88. The van der Waals surface area contributed by atoms with Crippen LogP contribution < -0.4 is 9.47 Å². The largest absolute Gasteiger partial charge is 0.493 e. The highest BCUT2D eigenvalue weighted by Crippen LogP contribution is 2.35. The average Bonchev–Trinajstić information content (AvgIpc) is 2.72. The van der Waals surface area contributed by atoms with E-state index >= 15 is 0 Å². The van der Waals surface area contributed by atoms with E-state index in [1.165, 1.54) is 5.56 Å². The van der Waals surface area contributed by atoms with Crippen molar-refractivity contribution in [3.8, 4) is 11.5 Å². The van der Waals surface area contributed by atoms with Gasteiger partial charge in [0.1, 0.15) is 0 Å². The fourth-order valence-electron chi connectivity index (χ4n) is 3.88. The molecule has 0 bridgehead atoms. The van der Waals surface area contributed by atoms with Gasteiger partial charge in [-0.1, -0.05) is 50.6 Å². The lowest BCUT2D eigenvalue weighted by molar-refractivity contribution is -0.135. The molecular formula is C23H29NO3. The number of nitrogens with zero attached hydrogens (tertiary/aromatic N) is 1. The van der Waals surface area contributed by atoms with E-state index in [-0.39, 0.29) is 11.8 Å². The number of methoxy groups -OCH3 is 2. The minimum atomic E-state index is -0.0992. The second-order valence-corrected chi connectivity index (χ2v) is 7.26. The minimum absolute atomic E-state index is 0.0992. The van der Waals surface area contributed by atoms with E-state index in [2.05, 4.69) is 26.0 Å². The molecule has 0 aliphatic carbocycles. The molecule has 0 N–H and O–H groups in total. The summed E-state index contributed by atoms with van der Waals surface area (Å²) in [6.45, 7) is 5.67. The highest BCUT2D eigenvalue weighted by Gasteiger charge is 2.32. The molecule has 0 spiro atoms. The van der Waals surface area contributed by atoms with Crippen LogP contribution in [0.1, 0.15) is 42.9 Å².